The zero-order valence-corrected chi connectivity index (χ0v) is 11.6. The summed E-state index contributed by atoms with van der Waals surface area (Å²) in [6.45, 7) is 2.93. The van der Waals surface area contributed by atoms with Crippen molar-refractivity contribution in [1.82, 2.24) is 9.55 Å². The highest BCUT2D eigenvalue weighted by Crippen LogP contribution is 2.12. The van der Waals surface area contributed by atoms with E-state index in [1.807, 2.05) is 29.0 Å². The molecule has 0 aliphatic rings. The molecule has 0 saturated carbocycles. The van der Waals surface area contributed by atoms with Gasteiger partial charge in [0, 0.05) is 12.7 Å². The number of carbonyl (C=O) groups is 1. The molecule has 0 bridgehead atoms. The summed E-state index contributed by atoms with van der Waals surface area (Å²) in [7, 11) is 0. The highest BCUT2D eigenvalue weighted by Gasteiger charge is 2.10. The predicted octanol–water partition coefficient (Wildman–Crippen LogP) is 3.31. The normalized spacial score (nSPS) is 10.3. The van der Waals surface area contributed by atoms with Gasteiger partial charge < -0.3 is 9.88 Å². The number of carbonyl (C=O) groups excluding carboxylic acids is 1. The fourth-order valence-corrected chi connectivity index (χ4v) is 1.94. The Balaban J connectivity index is 2.11. The topological polar surface area (TPSA) is 46.9 Å². The number of nitrogens with zero attached hydrogens (tertiary/aromatic N) is 2. The van der Waals surface area contributed by atoms with Crippen molar-refractivity contribution in [1.29, 1.82) is 0 Å². The van der Waals surface area contributed by atoms with Crippen molar-refractivity contribution in [2.24, 2.45) is 0 Å². The predicted molar refractivity (Wildman–Crippen MR) is 74.6 cm³/mol. The van der Waals surface area contributed by atoms with Gasteiger partial charge in [-0.05, 0) is 46.6 Å². The molecule has 2 aromatic rings. The lowest BCUT2D eigenvalue weighted by molar-refractivity contribution is 0.101. The van der Waals surface area contributed by atoms with Crippen LogP contribution < -0.4 is 5.32 Å². The molecule has 0 unspecified atom stereocenters. The smallest absolute Gasteiger partial charge is 0.272 e. The molecule has 0 aliphatic carbocycles. The summed E-state index contributed by atoms with van der Waals surface area (Å²) in [6, 6.07) is 7.30. The molecule has 0 aromatic carbocycles. The number of aryl methyl sites for hydroxylation is 1. The van der Waals surface area contributed by atoms with E-state index in [0.29, 0.717) is 11.4 Å². The molecule has 0 saturated heterocycles. The van der Waals surface area contributed by atoms with Gasteiger partial charge in [0.2, 0.25) is 0 Å². The lowest BCUT2D eigenvalue weighted by Gasteiger charge is -2.08. The van der Waals surface area contributed by atoms with Gasteiger partial charge in [-0.15, -0.1) is 0 Å². The number of hydrogen-bond acceptors (Lipinski definition) is 2. The fraction of sp³-hybridized carbons (Fsp3) is 0.231. The molecule has 2 rings (SSSR count). The second-order valence-corrected chi connectivity index (χ2v) is 4.72. The first-order valence-electron chi connectivity index (χ1n) is 5.78. The molecule has 2 heterocycles. The van der Waals surface area contributed by atoms with Crippen molar-refractivity contribution in [3.63, 3.8) is 0 Å². The van der Waals surface area contributed by atoms with Crippen LogP contribution >= 0.6 is 15.9 Å². The Labute approximate surface area is 114 Å². The Morgan fingerprint density at radius 2 is 2.28 bits per heavy atom. The molecule has 2 aromatic heterocycles. The lowest BCUT2D eigenvalue weighted by atomic mass is 10.3. The zero-order valence-electron chi connectivity index (χ0n) is 10.1. The van der Waals surface area contributed by atoms with Crippen LogP contribution in [0.15, 0.2) is 41.3 Å². The first-order valence-corrected chi connectivity index (χ1v) is 6.58. The van der Waals surface area contributed by atoms with E-state index in [4.69, 9.17) is 0 Å². The minimum absolute atomic E-state index is 0.113. The van der Waals surface area contributed by atoms with Crippen molar-refractivity contribution in [2.75, 3.05) is 5.32 Å². The van der Waals surface area contributed by atoms with Crippen LogP contribution in [0.1, 0.15) is 23.8 Å². The summed E-state index contributed by atoms with van der Waals surface area (Å²) in [5.74, 6) is -0.113. The molecular weight excluding hydrogens is 294 g/mol. The van der Waals surface area contributed by atoms with E-state index in [2.05, 4.69) is 33.2 Å². The largest absolute Gasteiger partial charge is 0.344 e. The molecule has 18 heavy (non-hydrogen) atoms. The first kappa shape index (κ1) is 12.8. The number of amides is 1. The molecule has 5 heteroatoms. The van der Waals surface area contributed by atoms with Gasteiger partial charge in [-0.3, -0.25) is 4.79 Å². The third-order valence-electron chi connectivity index (χ3n) is 2.51. The van der Waals surface area contributed by atoms with Crippen molar-refractivity contribution < 1.29 is 4.79 Å². The molecule has 0 aliphatic heterocycles. The number of anilines is 1. The number of rotatable bonds is 4. The molecule has 94 valence electrons. The van der Waals surface area contributed by atoms with Gasteiger partial charge in [0.15, 0.2) is 0 Å². The number of halogens is 1. The van der Waals surface area contributed by atoms with Gasteiger partial charge in [-0.25, -0.2) is 4.98 Å². The monoisotopic (exact) mass is 307 g/mol. The highest BCUT2D eigenvalue weighted by atomic mass is 79.9. The van der Waals surface area contributed by atoms with E-state index in [1.54, 1.807) is 12.3 Å². The highest BCUT2D eigenvalue weighted by molar-refractivity contribution is 9.10. The third-order valence-corrected chi connectivity index (χ3v) is 2.98. The van der Waals surface area contributed by atoms with Crippen molar-refractivity contribution in [2.45, 2.75) is 19.9 Å². The molecule has 0 atom stereocenters. The second-order valence-electron chi connectivity index (χ2n) is 3.91. The SMILES string of the molecule is CCCn1cccc1C(=O)Nc1ccc(Br)nc1. The Morgan fingerprint density at radius 1 is 1.44 bits per heavy atom. The number of hydrogen-bond donors (Lipinski definition) is 1. The van der Waals surface area contributed by atoms with E-state index in [-0.39, 0.29) is 5.91 Å². The van der Waals surface area contributed by atoms with E-state index in [0.717, 1.165) is 17.6 Å². The van der Waals surface area contributed by atoms with Crippen LogP contribution in [-0.4, -0.2) is 15.5 Å². The van der Waals surface area contributed by atoms with Crippen LogP contribution in [0.4, 0.5) is 5.69 Å². The van der Waals surface area contributed by atoms with Crippen molar-refractivity contribution in [3.8, 4) is 0 Å². The molecule has 1 amide bonds. The van der Waals surface area contributed by atoms with Gasteiger partial charge in [-0.1, -0.05) is 6.92 Å². The van der Waals surface area contributed by atoms with E-state index < -0.39 is 0 Å². The standard InChI is InChI=1S/C13H14BrN3O/c1-2-7-17-8-3-4-11(17)13(18)16-10-5-6-12(14)15-9-10/h3-6,8-9H,2,7H2,1H3,(H,16,18). The van der Waals surface area contributed by atoms with Gasteiger partial charge in [0.25, 0.3) is 5.91 Å². The summed E-state index contributed by atoms with van der Waals surface area (Å²) >= 11 is 3.25. The van der Waals surface area contributed by atoms with Crippen molar-refractivity contribution in [3.05, 3.63) is 47.0 Å². The molecule has 0 spiro atoms. The molecule has 0 fully saturated rings. The number of aromatic nitrogens is 2. The average molecular weight is 308 g/mol. The van der Waals surface area contributed by atoms with Gasteiger partial charge in [0.05, 0.1) is 11.9 Å². The van der Waals surface area contributed by atoms with Crippen LogP contribution in [0, 0.1) is 0 Å². The zero-order chi connectivity index (χ0) is 13.0. The number of pyridine rings is 1. The summed E-state index contributed by atoms with van der Waals surface area (Å²) in [6.07, 6.45) is 4.53. The lowest BCUT2D eigenvalue weighted by Crippen LogP contribution is -2.16. The Hall–Kier alpha value is -1.62. The van der Waals surface area contributed by atoms with Crippen LogP contribution in [-0.2, 0) is 6.54 Å². The Kier molecular flexibility index (Phi) is 4.15. The van der Waals surface area contributed by atoms with Gasteiger partial charge in [0.1, 0.15) is 10.3 Å². The van der Waals surface area contributed by atoms with Crippen LogP contribution in [0.2, 0.25) is 0 Å². The van der Waals surface area contributed by atoms with Crippen LogP contribution in [0.5, 0.6) is 0 Å². The summed E-state index contributed by atoms with van der Waals surface area (Å²) in [5, 5.41) is 2.83. The minimum Gasteiger partial charge on any atom is -0.344 e. The van der Waals surface area contributed by atoms with Gasteiger partial charge in [-0.2, -0.15) is 0 Å². The fourth-order valence-electron chi connectivity index (χ4n) is 1.70. The maximum Gasteiger partial charge on any atom is 0.272 e. The van der Waals surface area contributed by atoms with Crippen molar-refractivity contribution >= 4 is 27.5 Å². The molecule has 1 N–H and O–H groups in total. The van der Waals surface area contributed by atoms with Gasteiger partial charge >= 0.3 is 0 Å². The maximum absolute atomic E-state index is 12.1. The maximum atomic E-state index is 12.1. The number of nitrogens with one attached hydrogen (secondary N) is 1. The van der Waals surface area contributed by atoms with Crippen LogP contribution in [0.3, 0.4) is 0 Å². The summed E-state index contributed by atoms with van der Waals surface area (Å²) < 4.78 is 2.69. The summed E-state index contributed by atoms with van der Waals surface area (Å²) in [4.78, 5) is 16.2. The Bertz CT molecular complexity index is 533. The van der Waals surface area contributed by atoms with E-state index in [9.17, 15) is 4.79 Å². The third kappa shape index (κ3) is 2.98. The molecule has 0 radical (unpaired) electrons. The van der Waals surface area contributed by atoms with E-state index >= 15 is 0 Å². The van der Waals surface area contributed by atoms with E-state index in [1.165, 1.54) is 0 Å². The summed E-state index contributed by atoms with van der Waals surface area (Å²) in [5.41, 5.74) is 1.35. The quantitative estimate of drug-likeness (QED) is 0.881. The van der Waals surface area contributed by atoms with Crippen LogP contribution in [0.25, 0.3) is 0 Å². The first-order chi connectivity index (χ1) is 8.70. The Morgan fingerprint density at radius 3 is 2.94 bits per heavy atom. The minimum atomic E-state index is -0.113. The average Bonchev–Trinajstić information content (AvgIpc) is 2.81. The second kappa shape index (κ2) is 5.82. The molecular formula is C13H14BrN3O. The molecule has 4 nitrogen and oxygen atoms in total.